The Morgan fingerprint density at radius 1 is 1.36 bits per heavy atom. The Labute approximate surface area is 170 Å². The number of thiophene rings is 1. The van der Waals surface area contributed by atoms with Crippen molar-refractivity contribution in [3.63, 3.8) is 0 Å². The summed E-state index contributed by atoms with van der Waals surface area (Å²) in [6.45, 7) is 4.87. The van der Waals surface area contributed by atoms with Gasteiger partial charge < -0.3 is 10.1 Å². The molecule has 3 rings (SSSR count). The van der Waals surface area contributed by atoms with Crippen molar-refractivity contribution in [3.8, 4) is 6.07 Å². The molecule has 28 heavy (non-hydrogen) atoms. The van der Waals surface area contributed by atoms with Crippen LogP contribution in [0.3, 0.4) is 0 Å². The molecule has 0 spiro atoms. The van der Waals surface area contributed by atoms with Gasteiger partial charge in [0.2, 0.25) is 5.91 Å². The summed E-state index contributed by atoms with van der Waals surface area (Å²) >= 11 is 2.53. The molecule has 1 atom stereocenters. The number of ether oxygens (including phenoxy) is 1. The maximum atomic E-state index is 12.6. The van der Waals surface area contributed by atoms with Crippen LogP contribution in [0.15, 0.2) is 5.38 Å². The normalized spacial score (nSPS) is 14.2. The van der Waals surface area contributed by atoms with E-state index >= 15 is 0 Å². The molecule has 1 aliphatic carbocycles. The van der Waals surface area contributed by atoms with Gasteiger partial charge in [-0.15, -0.1) is 22.7 Å². The first-order valence-corrected chi connectivity index (χ1v) is 10.4. The number of carbonyl (C=O) groups excluding carboxylic acids is 3. The minimum atomic E-state index is -1.06. The maximum absolute atomic E-state index is 12.6. The van der Waals surface area contributed by atoms with Gasteiger partial charge in [-0.3, -0.25) is 9.59 Å². The second-order valence-electron chi connectivity index (χ2n) is 6.68. The third kappa shape index (κ3) is 4.29. The van der Waals surface area contributed by atoms with Gasteiger partial charge in [-0.1, -0.05) is 0 Å². The van der Waals surface area contributed by atoms with Crippen molar-refractivity contribution in [2.45, 2.75) is 39.5 Å². The summed E-state index contributed by atoms with van der Waals surface area (Å²) in [5.41, 5.74) is 1.70. The molecule has 2 aromatic rings. The first-order chi connectivity index (χ1) is 13.3. The summed E-state index contributed by atoms with van der Waals surface area (Å²) in [5, 5.41) is 14.7. The van der Waals surface area contributed by atoms with Crippen LogP contribution in [-0.2, 0) is 14.3 Å². The number of hydrogen-bond acceptors (Lipinski definition) is 8. The highest BCUT2D eigenvalue weighted by atomic mass is 32.1. The van der Waals surface area contributed by atoms with Gasteiger partial charge in [0.1, 0.15) is 10.0 Å². The second-order valence-corrected chi connectivity index (χ2v) is 8.80. The number of ketones is 1. The number of aryl methyl sites for hydroxylation is 2. The van der Waals surface area contributed by atoms with Gasteiger partial charge in [0.15, 0.2) is 18.3 Å². The van der Waals surface area contributed by atoms with E-state index in [1.807, 2.05) is 13.0 Å². The molecule has 1 aliphatic rings. The van der Waals surface area contributed by atoms with Crippen molar-refractivity contribution in [1.82, 2.24) is 4.98 Å². The van der Waals surface area contributed by atoms with Crippen LogP contribution >= 0.6 is 22.7 Å². The van der Waals surface area contributed by atoms with Crippen molar-refractivity contribution in [3.05, 3.63) is 32.1 Å². The average molecular weight is 418 g/mol. The Hall–Kier alpha value is -2.57. The van der Waals surface area contributed by atoms with Gasteiger partial charge in [0.25, 0.3) is 0 Å². The maximum Gasteiger partial charge on any atom is 0.341 e. The van der Waals surface area contributed by atoms with Gasteiger partial charge >= 0.3 is 5.97 Å². The van der Waals surface area contributed by atoms with E-state index in [0.717, 1.165) is 23.4 Å². The number of nitrogens with one attached hydrogen (secondary N) is 1. The number of rotatable bonds is 7. The number of carbonyl (C=O) groups is 3. The highest BCUT2D eigenvalue weighted by Crippen LogP contribution is 2.36. The molecule has 0 radical (unpaired) electrons. The number of thiazole rings is 1. The minimum Gasteiger partial charge on any atom is -0.454 e. The fourth-order valence-electron chi connectivity index (χ4n) is 2.58. The molecule has 0 saturated heterocycles. The predicted molar refractivity (Wildman–Crippen MR) is 106 cm³/mol. The zero-order chi connectivity index (χ0) is 20.4. The largest absolute Gasteiger partial charge is 0.454 e. The monoisotopic (exact) mass is 417 g/mol. The number of nitriles is 1. The first kappa shape index (κ1) is 20.2. The molecule has 9 heteroatoms. The molecule has 1 N–H and O–H groups in total. The highest BCUT2D eigenvalue weighted by Gasteiger charge is 2.32. The van der Waals surface area contributed by atoms with Gasteiger partial charge in [0, 0.05) is 21.9 Å². The van der Waals surface area contributed by atoms with Crippen LogP contribution in [0.4, 0.5) is 5.00 Å². The third-order valence-corrected chi connectivity index (χ3v) is 6.60. The quantitative estimate of drug-likeness (QED) is 0.691. The summed E-state index contributed by atoms with van der Waals surface area (Å²) < 4.78 is 5.19. The number of hydrogen-bond donors (Lipinski definition) is 1. The Bertz CT molecular complexity index is 982. The standard InChI is InChI=1S/C19H19N3O4S2/c1-9-8-27-17(21-9)13(6-20)14(23)7-26-19(25)15-10(2)11(3)28-18(15)22-16(24)12-4-5-12/h8,12-13H,4-5,7H2,1-3H3,(H,22,24)/t13-/m1/s1. The van der Waals surface area contributed by atoms with E-state index in [4.69, 9.17) is 4.74 Å². The Balaban J connectivity index is 1.69. The summed E-state index contributed by atoms with van der Waals surface area (Å²) in [5.74, 6) is -2.38. The number of aromatic nitrogens is 1. The van der Waals surface area contributed by atoms with E-state index < -0.39 is 24.3 Å². The van der Waals surface area contributed by atoms with E-state index in [1.54, 1.807) is 19.2 Å². The number of amides is 1. The van der Waals surface area contributed by atoms with Crippen LogP contribution in [0.5, 0.6) is 0 Å². The highest BCUT2D eigenvalue weighted by molar-refractivity contribution is 7.16. The average Bonchev–Trinajstić information content (AvgIpc) is 3.36. The van der Waals surface area contributed by atoms with Crippen molar-refractivity contribution in [1.29, 1.82) is 5.26 Å². The van der Waals surface area contributed by atoms with Crippen LogP contribution in [0, 0.1) is 38.0 Å². The summed E-state index contributed by atoms with van der Waals surface area (Å²) in [6, 6.07) is 1.92. The molecular weight excluding hydrogens is 398 g/mol. The lowest BCUT2D eigenvalue weighted by atomic mass is 10.1. The fourth-order valence-corrected chi connectivity index (χ4v) is 4.49. The third-order valence-electron chi connectivity index (χ3n) is 4.45. The molecule has 0 bridgehead atoms. The molecule has 0 unspecified atom stereocenters. The van der Waals surface area contributed by atoms with Crippen LogP contribution in [0.2, 0.25) is 0 Å². The molecule has 0 aliphatic heterocycles. The Morgan fingerprint density at radius 2 is 2.07 bits per heavy atom. The lowest BCUT2D eigenvalue weighted by Gasteiger charge is -2.09. The zero-order valence-corrected chi connectivity index (χ0v) is 17.3. The van der Waals surface area contributed by atoms with Crippen molar-refractivity contribution >= 4 is 45.3 Å². The predicted octanol–water partition coefficient (Wildman–Crippen LogP) is 3.51. The molecule has 2 aromatic heterocycles. The summed E-state index contributed by atoms with van der Waals surface area (Å²) in [7, 11) is 0. The van der Waals surface area contributed by atoms with Gasteiger partial charge in [-0.25, -0.2) is 9.78 Å². The summed E-state index contributed by atoms with van der Waals surface area (Å²) in [4.78, 5) is 42.1. The van der Waals surface area contributed by atoms with Crippen molar-refractivity contribution in [2.75, 3.05) is 11.9 Å². The van der Waals surface area contributed by atoms with Gasteiger partial charge in [-0.05, 0) is 39.2 Å². The fraction of sp³-hybridized carbons (Fsp3) is 0.421. The lowest BCUT2D eigenvalue weighted by molar-refractivity contribution is -0.122. The number of nitrogens with zero attached hydrogens (tertiary/aromatic N) is 2. The molecule has 0 aromatic carbocycles. The topological polar surface area (TPSA) is 109 Å². The molecule has 146 valence electrons. The van der Waals surface area contributed by atoms with Crippen molar-refractivity contribution < 1.29 is 19.1 Å². The van der Waals surface area contributed by atoms with E-state index in [-0.39, 0.29) is 17.4 Å². The van der Waals surface area contributed by atoms with E-state index in [1.165, 1.54) is 22.7 Å². The van der Waals surface area contributed by atoms with Gasteiger partial charge in [-0.2, -0.15) is 5.26 Å². The van der Waals surface area contributed by atoms with Crippen LogP contribution in [0.25, 0.3) is 0 Å². The van der Waals surface area contributed by atoms with Crippen LogP contribution < -0.4 is 5.32 Å². The molecule has 1 fully saturated rings. The van der Waals surface area contributed by atoms with Crippen LogP contribution in [0.1, 0.15) is 50.3 Å². The van der Waals surface area contributed by atoms with E-state index in [9.17, 15) is 19.6 Å². The number of Topliss-reactive ketones (excluding diaryl/α,β-unsaturated/α-hetero) is 1. The SMILES string of the molecule is Cc1csc([C@H](C#N)C(=O)COC(=O)c2c(NC(=O)C3CC3)sc(C)c2C)n1. The number of esters is 1. The lowest BCUT2D eigenvalue weighted by Crippen LogP contribution is -2.21. The number of anilines is 1. The molecule has 2 heterocycles. The second kappa shape index (κ2) is 8.20. The molecule has 1 saturated carbocycles. The Morgan fingerprint density at radius 3 is 2.64 bits per heavy atom. The minimum absolute atomic E-state index is 0.00583. The van der Waals surface area contributed by atoms with Gasteiger partial charge in [0.05, 0.1) is 11.6 Å². The summed E-state index contributed by atoms with van der Waals surface area (Å²) in [6.07, 6.45) is 1.71. The molecule has 7 nitrogen and oxygen atoms in total. The van der Waals surface area contributed by atoms with Crippen LogP contribution in [-0.4, -0.2) is 29.3 Å². The first-order valence-electron chi connectivity index (χ1n) is 8.74. The smallest absolute Gasteiger partial charge is 0.341 e. The molecule has 1 amide bonds. The Kier molecular flexibility index (Phi) is 5.91. The van der Waals surface area contributed by atoms with E-state index in [0.29, 0.717) is 15.6 Å². The zero-order valence-electron chi connectivity index (χ0n) is 15.7. The van der Waals surface area contributed by atoms with Crippen molar-refractivity contribution in [2.24, 2.45) is 5.92 Å². The van der Waals surface area contributed by atoms with E-state index in [2.05, 4.69) is 10.3 Å². The molecular formula is C19H19N3O4S2.